The second kappa shape index (κ2) is 9.47. The molecule has 2 N–H and O–H groups in total. The van der Waals surface area contributed by atoms with E-state index >= 15 is 0 Å². The fraction of sp³-hybridized carbons (Fsp3) is 0.333. The molecule has 0 unspecified atom stereocenters. The summed E-state index contributed by atoms with van der Waals surface area (Å²) in [6, 6.07) is 9.35. The van der Waals surface area contributed by atoms with E-state index in [1.165, 1.54) is 0 Å². The molecule has 0 aliphatic heterocycles. The zero-order chi connectivity index (χ0) is 20.8. The molecule has 7 nitrogen and oxygen atoms in total. The lowest BCUT2D eigenvalue weighted by atomic mass is 10.1. The predicted octanol–water partition coefficient (Wildman–Crippen LogP) is 4.66. The molecule has 0 spiro atoms. The van der Waals surface area contributed by atoms with Gasteiger partial charge in [0.1, 0.15) is 0 Å². The van der Waals surface area contributed by atoms with Gasteiger partial charge in [0.05, 0.1) is 4.88 Å². The van der Waals surface area contributed by atoms with Gasteiger partial charge in [-0.05, 0) is 42.5 Å². The number of rotatable bonds is 8. The molecule has 0 aliphatic rings. The number of aromatic nitrogens is 2. The number of hydrogen-bond donors (Lipinski definition) is 2. The molecule has 0 saturated heterocycles. The van der Waals surface area contributed by atoms with E-state index in [0.717, 1.165) is 10.4 Å². The molecular formula is C21H24N4O3S. The first-order valence-electron chi connectivity index (χ1n) is 9.50. The molecule has 152 valence electrons. The number of hydrogen-bond acceptors (Lipinski definition) is 6. The van der Waals surface area contributed by atoms with Crippen LogP contribution in [-0.2, 0) is 16.0 Å². The van der Waals surface area contributed by atoms with E-state index in [4.69, 9.17) is 4.52 Å². The van der Waals surface area contributed by atoms with Gasteiger partial charge in [-0.25, -0.2) is 0 Å². The summed E-state index contributed by atoms with van der Waals surface area (Å²) in [5.74, 6) is 0.830. The third kappa shape index (κ3) is 5.74. The van der Waals surface area contributed by atoms with Crippen molar-refractivity contribution in [2.45, 2.75) is 40.0 Å². The molecule has 0 saturated carbocycles. The number of carbonyl (C=O) groups excluding carboxylic acids is 2. The van der Waals surface area contributed by atoms with Gasteiger partial charge in [0, 0.05) is 30.1 Å². The molecule has 3 aromatic rings. The largest absolute Gasteiger partial charge is 0.339 e. The second-order valence-electron chi connectivity index (χ2n) is 7.06. The summed E-state index contributed by atoms with van der Waals surface area (Å²) in [5.41, 5.74) is 2.28. The lowest BCUT2D eigenvalue weighted by molar-refractivity contribution is -0.119. The van der Waals surface area contributed by atoms with Crippen molar-refractivity contribution in [1.29, 1.82) is 0 Å². The summed E-state index contributed by atoms with van der Waals surface area (Å²) in [4.78, 5) is 29.5. The molecule has 2 aromatic heterocycles. The van der Waals surface area contributed by atoms with Crippen LogP contribution in [-0.4, -0.2) is 22.0 Å². The van der Waals surface area contributed by atoms with Gasteiger partial charge in [-0.2, -0.15) is 4.98 Å². The highest BCUT2D eigenvalue weighted by atomic mass is 32.1. The summed E-state index contributed by atoms with van der Waals surface area (Å²) in [7, 11) is 0. The molecule has 1 aromatic carbocycles. The summed E-state index contributed by atoms with van der Waals surface area (Å²) in [6.45, 7) is 5.58. The van der Waals surface area contributed by atoms with Crippen molar-refractivity contribution >= 4 is 34.5 Å². The maximum absolute atomic E-state index is 12.3. The zero-order valence-electron chi connectivity index (χ0n) is 16.7. The number of aryl methyl sites for hydroxylation is 2. The third-order valence-corrected chi connectivity index (χ3v) is 5.17. The number of thiophene rings is 1. The van der Waals surface area contributed by atoms with E-state index in [-0.39, 0.29) is 17.7 Å². The topological polar surface area (TPSA) is 97.1 Å². The Morgan fingerprint density at radius 2 is 2.03 bits per heavy atom. The molecule has 0 radical (unpaired) electrons. The highest BCUT2D eigenvalue weighted by molar-refractivity contribution is 7.13. The Labute approximate surface area is 173 Å². The van der Waals surface area contributed by atoms with Gasteiger partial charge in [0.15, 0.2) is 0 Å². The van der Waals surface area contributed by atoms with Gasteiger partial charge in [-0.15, -0.1) is 11.3 Å². The Kier molecular flexibility index (Phi) is 6.77. The highest BCUT2D eigenvalue weighted by Gasteiger charge is 2.12. The second-order valence-corrected chi connectivity index (χ2v) is 8.01. The van der Waals surface area contributed by atoms with Gasteiger partial charge < -0.3 is 15.2 Å². The lowest BCUT2D eigenvalue weighted by Crippen LogP contribution is -2.18. The molecule has 3 rings (SSSR count). The number of benzene rings is 1. The van der Waals surface area contributed by atoms with E-state index in [1.54, 1.807) is 17.4 Å². The summed E-state index contributed by atoms with van der Waals surface area (Å²) >= 11 is 1.55. The van der Waals surface area contributed by atoms with Crippen molar-refractivity contribution in [3.63, 3.8) is 0 Å². The van der Waals surface area contributed by atoms with Crippen LogP contribution in [0.2, 0.25) is 0 Å². The first kappa shape index (κ1) is 20.7. The SMILES string of the molecule is Cc1ccc(NC(=O)C(C)C)cc1NC(=O)CCCc1nc(-c2cccs2)no1. The van der Waals surface area contributed by atoms with Crippen LogP contribution in [0.5, 0.6) is 0 Å². The Hall–Kier alpha value is -3.00. The number of anilines is 2. The maximum Gasteiger partial charge on any atom is 0.226 e. The van der Waals surface area contributed by atoms with E-state index in [9.17, 15) is 9.59 Å². The van der Waals surface area contributed by atoms with Crippen LogP contribution in [0.25, 0.3) is 10.7 Å². The number of nitrogens with zero attached hydrogens (tertiary/aromatic N) is 2. The fourth-order valence-electron chi connectivity index (χ4n) is 2.60. The normalized spacial score (nSPS) is 10.9. The van der Waals surface area contributed by atoms with Crippen LogP contribution in [0.15, 0.2) is 40.2 Å². The van der Waals surface area contributed by atoms with Crippen molar-refractivity contribution in [3.8, 4) is 10.7 Å². The Balaban J connectivity index is 1.51. The van der Waals surface area contributed by atoms with E-state index in [1.807, 2.05) is 50.4 Å². The van der Waals surface area contributed by atoms with E-state index in [2.05, 4.69) is 20.8 Å². The minimum absolute atomic E-state index is 0.0624. The predicted molar refractivity (Wildman–Crippen MR) is 114 cm³/mol. The standard InChI is InChI=1S/C21H24N4O3S/c1-13(2)21(27)22-15-10-9-14(3)16(12-15)23-18(26)7-4-8-19-24-20(25-28-19)17-6-5-11-29-17/h5-6,9-13H,4,7-8H2,1-3H3,(H,22,27)(H,23,26). The number of carbonyl (C=O) groups is 2. The molecule has 2 heterocycles. The van der Waals surface area contributed by atoms with Crippen LogP contribution >= 0.6 is 11.3 Å². The van der Waals surface area contributed by atoms with Gasteiger partial charge in [-0.1, -0.05) is 31.1 Å². The molecule has 0 fully saturated rings. The highest BCUT2D eigenvalue weighted by Crippen LogP contribution is 2.23. The van der Waals surface area contributed by atoms with Crippen molar-refractivity contribution in [2.75, 3.05) is 10.6 Å². The minimum atomic E-state index is -0.112. The molecule has 0 bridgehead atoms. The van der Waals surface area contributed by atoms with Crippen LogP contribution in [0, 0.1) is 12.8 Å². The van der Waals surface area contributed by atoms with Gasteiger partial charge in [0.2, 0.25) is 23.5 Å². The van der Waals surface area contributed by atoms with Crippen LogP contribution in [0.1, 0.15) is 38.1 Å². The zero-order valence-corrected chi connectivity index (χ0v) is 17.5. The van der Waals surface area contributed by atoms with Gasteiger partial charge in [-0.3, -0.25) is 9.59 Å². The van der Waals surface area contributed by atoms with E-state index < -0.39 is 0 Å². The van der Waals surface area contributed by atoms with Crippen molar-refractivity contribution in [1.82, 2.24) is 10.1 Å². The molecule has 29 heavy (non-hydrogen) atoms. The van der Waals surface area contributed by atoms with Gasteiger partial charge in [0.25, 0.3) is 0 Å². The maximum atomic E-state index is 12.3. The van der Waals surface area contributed by atoms with Gasteiger partial charge >= 0.3 is 0 Å². The van der Waals surface area contributed by atoms with Crippen molar-refractivity contribution in [3.05, 3.63) is 47.2 Å². The molecule has 8 heteroatoms. The summed E-state index contributed by atoms with van der Waals surface area (Å²) < 4.78 is 5.25. The quantitative estimate of drug-likeness (QED) is 0.561. The average Bonchev–Trinajstić information content (AvgIpc) is 3.36. The fourth-order valence-corrected chi connectivity index (χ4v) is 3.25. The Bertz CT molecular complexity index is 980. The Morgan fingerprint density at radius 3 is 2.76 bits per heavy atom. The third-order valence-electron chi connectivity index (χ3n) is 4.31. The smallest absolute Gasteiger partial charge is 0.226 e. The molecule has 0 atom stereocenters. The number of amides is 2. The monoisotopic (exact) mass is 412 g/mol. The van der Waals surface area contributed by atoms with Crippen LogP contribution in [0.4, 0.5) is 11.4 Å². The average molecular weight is 413 g/mol. The first-order chi connectivity index (χ1) is 13.9. The Morgan fingerprint density at radius 1 is 1.21 bits per heavy atom. The molecule has 2 amide bonds. The summed E-state index contributed by atoms with van der Waals surface area (Å²) in [5, 5.41) is 11.7. The van der Waals surface area contributed by atoms with Crippen molar-refractivity contribution < 1.29 is 14.1 Å². The lowest BCUT2D eigenvalue weighted by Gasteiger charge is -2.12. The minimum Gasteiger partial charge on any atom is -0.339 e. The van der Waals surface area contributed by atoms with E-state index in [0.29, 0.717) is 42.4 Å². The first-order valence-corrected chi connectivity index (χ1v) is 10.4. The van der Waals surface area contributed by atoms with Crippen LogP contribution < -0.4 is 10.6 Å². The summed E-state index contributed by atoms with van der Waals surface area (Å²) in [6.07, 6.45) is 1.47. The van der Waals surface area contributed by atoms with Crippen molar-refractivity contribution in [2.24, 2.45) is 5.92 Å². The van der Waals surface area contributed by atoms with Crippen LogP contribution in [0.3, 0.4) is 0 Å². The molecular weight excluding hydrogens is 388 g/mol. The molecule has 0 aliphatic carbocycles. The number of nitrogens with one attached hydrogen (secondary N) is 2.